The van der Waals surface area contributed by atoms with Crippen molar-refractivity contribution >= 4 is 5.97 Å². The lowest BCUT2D eigenvalue weighted by Crippen LogP contribution is -2.18. The maximum absolute atomic E-state index is 11.3. The Morgan fingerprint density at radius 1 is 1.53 bits per heavy atom. The molecule has 0 aromatic heterocycles. The minimum Gasteiger partial charge on any atom is -0.465 e. The molecule has 0 aliphatic heterocycles. The molecule has 1 atom stereocenters. The number of aryl methyl sites for hydroxylation is 1. The largest absolute Gasteiger partial charge is 0.465 e. The molecule has 0 saturated heterocycles. The molecule has 0 spiro atoms. The first kappa shape index (κ1) is 11.7. The van der Waals surface area contributed by atoms with Crippen molar-refractivity contribution < 1.29 is 9.53 Å². The Morgan fingerprint density at radius 3 is 2.67 bits per heavy atom. The van der Waals surface area contributed by atoms with Crippen molar-refractivity contribution in [3.05, 3.63) is 34.9 Å². The highest BCUT2D eigenvalue weighted by atomic mass is 16.5. The smallest absolute Gasteiger partial charge is 0.338 e. The lowest BCUT2D eigenvalue weighted by Gasteiger charge is -2.08. The highest BCUT2D eigenvalue weighted by molar-refractivity contribution is 5.90. The van der Waals surface area contributed by atoms with E-state index in [4.69, 9.17) is 5.73 Å². The molecule has 3 nitrogen and oxygen atoms in total. The molecule has 0 saturated carbocycles. The third-order valence-corrected chi connectivity index (χ3v) is 2.25. The lowest BCUT2D eigenvalue weighted by molar-refractivity contribution is 0.0600. The number of hydrogen-bond acceptors (Lipinski definition) is 3. The van der Waals surface area contributed by atoms with Crippen molar-refractivity contribution in [2.24, 2.45) is 5.73 Å². The molecular formula is C12H17NO2. The number of esters is 1. The first-order valence-electron chi connectivity index (χ1n) is 4.98. The zero-order valence-electron chi connectivity index (χ0n) is 9.41. The predicted octanol–water partition coefficient (Wildman–Crippen LogP) is 1.67. The van der Waals surface area contributed by atoms with Crippen LogP contribution in [0.15, 0.2) is 18.2 Å². The van der Waals surface area contributed by atoms with Crippen LogP contribution in [0.3, 0.4) is 0 Å². The minimum absolute atomic E-state index is 0.133. The zero-order chi connectivity index (χ0) is 11.4. The van der Waals surface area contributed by atoms with Gasteiger partial charge in [0.15, 0.2) is 0 Å². The average Bonchev–Trinajstić information content (AvgIpc) is 2.16. The van der Waals surface area contributed by atoms with Crippen molar-refractivity contribution in [2.75, 3.05) is 7.11 Å². The van der Waals surface area contributed by atoms with Crippen LogP contribution in [0.4, 0.5) is 0 Å². The van der Waals surface area contributed by atoms with Crippen LogP contribution in [0.25, 0.3) is 0 Å². The van der Waals surface area contributed by atoms with E-state index in [1.165, 1.54) is 7.11 Å². The quantitative estimate of drug-likeness (QED) is 0.767. The van der Waals surface area contributed by atoms with Gasteiger partial charge in [0.05, 0.1) is 12.7 Å². The Labute approximate surface area is 90.2 Å². The van der Waals surface area contributed by atoms with Gasteiger partial charge in [-0.25, -0.2) is 4.79 Å². The Kier molecular flexibility index (Phi) is 3.86. The van der Waals surface area contributed by atoms with Gasteiger partial charge in [-0.05, 0) is 37.5 Å². The van der Waals surface area contributed by atoms with Crippen LogP contribution in [-0.4, -0.2) is 19.1 Å². The van der Waals surface area contributed by atoms with E-state index in [0.717, 1.165) is 17.5 Å². The van der Waals surface area contributed by atoms with E-state index in [2.05, 4.69) is 4.74 Å². The number of benzene rings is 1. The summed E-state index contributed by atoms with van der Waals surface area (Å²) < 4.78 is 4.67. The molecule has 0 radical (unpaired) electrons. The molecule has 0 aliphatic carbocycles. The van der Waals surface area contributed by atoms with Gasteiger partial charge in [-0.3, -0.25) is 0 Å². The van der Waals surface area contributed by atoms with Crippen molar-refractivity contribution in [1.82, 2.24) is 0 Å². The topological polar surface area (TPSA) is 52.3 Å². The fourth-order valence-corrected chi connectivity index (χ4v) is 1.56. The van der Waals surface area contributed by atoms with E-state index >= 15 is 0 Å². The minimum atomic E-state index is -0.292. The van der Waals surface area contributed by atoms with E-state index in [1.807, 2.05) is 26.0 Å². The summed E-state index contributed by atoms with van der Waals surface area (Å²) in [7, 11) is 1.39. The number of methoxy groups -OCH3 is 1. The van der Waals surface area contributed by atoms with Gasteiger partial charge in [0.25, 0.3) is 0 Å². The standard InChI is InChI=1S/C12H17NO2/c1-8-6-10(7-9(2)13)4-5-11(8)12(14)15-3/h4-6,9H,7,13H2,1-3H3/t9-/m1/s1. The fourth-order valence-electron chi connectivity index (χ4n) is 1.56. The van der Waals surface area contributed by atoms with Gasteiger partial charge in [0.2, 0.25) is 0 Å². The van der Waals surface area contributed by atoms with E-state index in [0.29, 0.717) is 5.56 Å². The van der Waals surface area contributed by atoms with Gasteiger partial charge in [-0.2, -0.15) is 0 Å². The number of rotatable bonds is 3. The Hall–Kier alpha value is -1.35. The highest BCUT2D eigenvalue weighted by Gasteiger charge is 2.09. The second-order valence-corrected chi connectivity index (χ2v) is 3.82. The van der Waals surface area contributed by atoms with Gasteiger partial charge < -0.3 is 10.5 Å². The van der Waals surface area contributed by atoms with Gasteiger partial charge in [0.1, 0.15) is 0 Å². The van der Waals surface area contributed by atoms with Crippen LogP contribution in [0, 0.1) is 6.92 Å². The maximum atomic E-state index is 11.3. The van der Waals surface area contributed by atoms with Crippen molar-refractivity contribution in [3.63, 3.8) is 0 Å². The third-order valence-electron chi connectivity index (χ3n) is 2.25. The molecule has 0 bridgehead atoms. The molecule has 3 heteroatoms. The summed E-state index contributed by atoms with van der Waals surface area (Å²) >= 11 is 0. The SMILES string of the molecule is COC(=O)c1ccc(C[C@@H](C)N)cc1C. The molecule has 0 unspecified atom stereocenters. The van der Waals surface area contributed by atoms with Gasteiger partial charge in [0, 0.05) is 6.04 Å². The number of hydrogen-bond donors (Lipinski definition) is 1. The van der Waals surface area contributed by atoms with Crippen LogP contribution in [-0.2, 0) is 11.2 Å². The van der Waals surface area contributed by atoms with Crippen LogP contribution in [0.2, 0.25) is 0 Å². The molecule has 0 amide bonds. The first-order valence-corrected chi connectivity index (χ1v) is 4.98. The van der Waals surface area contributed by atoms with Gasteiger partial charge >= 0.3 is 5.97 Å². The lowest BCUT2D eigenvalue weighted by atomic mass is 10.0. The second-order valence-electron chi connectivity index (χ2n) is 3.82. The monoisotopic (exact) mass is 207 g/mol. The Morgan fingerprint density at radius 2 is 2.20 bits per heavy atom. The molecule has 0 fully saturated rings. The molecular weight excluding hydrogens is 190 g/mol. The molecule has 1 aromatic rings. The maximum Gasteiger partial charge on any atom is 0.338 e. The summed E-state index contributed by atoms with van der Waals surface area (Å²) in [6.07, 6.45) is 0.822. The molecule has 0 heterocycles. The van der Waals surface area contributed by atoms with Crippen molar-refractivity contribution in [1.29, 1.82) is 0 Å². The van der Waals surface area contributed by atoms with E-state index in [1.54, 1.807) is 6.07 Å². The Balaban J connectivity index is 2.93. The number of carbonyl (C=O) groups is 1. The number of ether oxygens (including phenoxy) is 1. The summed E-state index contributed by atoms with van der Waals surface area (Å²) in [5.41, 5.74) is 8.40. The van der Waals surface area contributed by atoms with Crippen LogP contribution in [0.5, 0.6) is 0 Å². The number of carbonyl (C=O) groups excluding carboxylic acids is 1. The summed E-state index contributed by atoms with van der Waals surface area (Å²) in [6, 6.07) is 5.82. The van der Waals surface area contributed by atoms with E-state index in [-0.39, 0.29) is 12.0 Å². The Bertz CT molecular complexity index is 359. The zero-order valence-corrected chi connectivity index (χ0v) is 9.41. The van der Waals surface area contributed by atoms with Gasteiger partial charge in [-0.1, -0.05) is 12.1 Å². The van der Waals surface area contributed by atoms with Gasteiger partial charge in [-0.15, -0.1) is 0 Å². The summed E-state index contributed by atoms with van der Waals surface area (Å²) in [6.45, 7) is 3.86. The second kappa shape index (κ2) is 4.94. The van der Waals surface area contributed by atoms with Crippen molar-refractivity contribution in [3.8, 4) is 0 Å². The fraction of sp³-hybridized carbons (Fsp3) is 0.417. The predicted molar refractivity (Wildman–Crippen MR) is 59.9 cm³/mol. The van der Waals surface area contributed by atoms with Crippen LogP contribution in [0.1, 0.15) is 28.4 Å². The molecule has 2 N–H and O–H groups in total. The number of nitrogens with two attached hydrogens (primary N) is 1. The normalized spacial score (nSPS) is 12.3. The molecule has 82 valence electrons. The van der Waals surface area contributed by atoms with Crippen LogP contribution >= 0.6 is 0 Å². The average molecular weight is 207 g/mol. The highest BCUT2D eigenvalue weighted by Crippen LogP contribution is 2.13. The third kappa shape index (κ3) is 3.06. The summed E-state index contributed by atoms with van der Waals surface area (Å²) in [5.74, 6) is -0.292. The molecule has 15 heavy (non-hydrogen) atoms. The molecule has 1 rings (SSSR count). The first-order chi connectivity index (χ1) is 7.04. The molecule has 1 aromatic carbocycles. The molecule has 0 aliphatic rings. The summed E-state index contributed by atoms with van der Waals surface area (Å²) in [4.78, 5) is 11.3. The van der Waals surface area contributed by atoms with E-state index < -0.39 is 0 Å². The summed E-state index contributed by atoms with van der Waals surface area (Å²) in [5, 5.41) is 0. The van der Waals surface area contributed by atoms with Crippen LogP contribution < -0.4 is 5.73 Å². The van der Waals surface area contributed by atoms with Crippen molar-refractivity contribution in [2.45, 2.75) is 26.3 Å². The van der Waals surface area contributed by atoms with E-state index in [9.17, 15) is 4.79 Å².